The molecular weight excluding hydrogens is 271 g/mol. The van der Waals surface area contributed by atoms with Crippen LogP contribution in [0.4, 0.5) is 0 Å². The SMILES string of the molecule is CCCCCCCC1CC=C(B2OC(C)(C)C(C)(C)O2)CC1. The van der Waals surface area contributed by atoms with Crippen molar-refractivity contribution in [2.24, 2.45) is 5.92 Å². The zero-order valence-electron chi connectivity index (χ0n) is 15.4. The van der Waals surface area contributed by atoms with Crippen LogP contribution >= 0.6 is 0 Å². The van der Waals surface area contributed by atoms with E-state index in [2.05, 4.69) is 40.7 Å². The molecule has 2 nitrogen and oxygen atoms in total. The van der Waals surface area contributed by atoms with Crippen molar-refractivity contribution in [2.45, 2.75) is 104 Å². The minimum atomic E-state index is -0.214. The molecule has 1 unspecified atom stereocenters. The first-order valence-corrected chi connectivity index (χ1v) is 9.40. The Balaban J connectivity index is 1.75. The molecule has 0 saturated carbocycles. The molecule has 2 aliphatic rings. The second-order valence-corrected chi connectivity index (χ2v) is 8.21. The maximum absolute atomic E-state index is 6.17. The number of allylic oxidation sites excluding steroid dienone is 2. The van der Waals surface area contributed by atoms with E-state index in [-0.39, 0.29) is 18.3 Å². The highest BCUT2D eigenvalue weighted by Crippen LogP contribution is 2.41. The Kier molecular flexibility index (Phi) is 6.18. The van der Waals surface area contributed by atoms with Gasteiger partial charge in [0, 0.05) is 0 Å². The molecule has 1 saturated heterocycles. The van der Waals surface area contributed by atoms with Gasteiger partial charge in [0.2, 0.25) is 0 Å². The maximum Gasteiger partial charge on any atom is 0.490 e. The molecule has 0 radical (unpaired) electrons. The quantitative estimate of drug-likeness (QED) is 0.443. The molecule has 0 aromatic carbocycles. The Labute approximate surface area is 138 Å². The van der Waals surface area contributed by atoms with Crippen LogP contribution in [0.1, 0.15) is 92.4 Å². The third-order valence-corrected chi connectivity index (χ3v) is 5.83. The molecule has 0 aromatic heterocycles. The van der Waals surface area contributed by atoms with Gasteiger partial charge in [-0.2, -0.15) is 0 Å². The van der Waals surface area contributed by atoms with Crippen molar-refractivity contribution in [3.05, 3.63) is 11.5 Å². The summed E-state index contributed by atoms with van der Waals surface area (Å²) in [5, 5.41) is 0. The molecule has 1 fully saturated rings. The molecule has 3 heteroatoms. The van der Waals surface area contributed by atoms with E-state index in [0.717, 1.165) is 12.3 Å². The monoisotopic (exact) mass is 306 g/mol. The normalized spacial score (nSPS) is 27.0. The van der Waals surface area contributed by atoms with Crippen LogP contribution in [0, 0.1) is 5.92 Å². The van der Waals surface area contributed by atoms with Gasteiger partial charge in [0.1, 0.15) is 0 Å². The minimum Gasteiger partial charge on any atom is -0.400 e. The van der Waals surface area contributed by atoms with Crippen LogP contribution in [0.3, 0.4) is 0 Å². The van der Waals surface area contributed by atoms with Gasteiger partial charge >= 0.3 is 7.12 Å². The summed E-state index contributed by atoms with van der Waals surface area (Å²) in [4.78, 5) is 0. The Hall–Kier alpha value is -0.275. The fourth-order valence-electron chi connectivity index (χ4n) is 3.42. The fourth-order valence-corrected chi connectivity index (χ4v) is 3.42. The lowest BCUT2D eigenvalue weighted by Crippen LogP contribution is -2.41. The smallest absolute Gasteiger partial charge is 0.400 e. The Morgan fingerprint density at radius 3 is 2.23 bits per heavy atom. The third kappa shape index (κ3) is 4.38. The van der Waals surface area contributed by atoms with Gasteiger partial charge in [-0.1, -0.05) is 51.5 Å². The average molecular weight is 306 g/mol. The largest absolute Gasteiger partial charge is 0.490 e. The molecule has 0 N–H and O–H groups in total. The molecule has 1 atom stereocenters. The molecule has 1 aliphatic carbocycles. The van der Waals surface area contributed by atoms with Crippen LogP contribution in [-0.4, -0.2) is 18.3 Å². The van der Waals surface area contributed by atoms with Gasteiger partial charge in [0.15, 0.2) is 0 Å². The first-order chi connectivity index (χ1) is 10.4. The standard InChI is InChI=1S/C19H35BO2/c1-6-7-8-9-10-11-16-12-14-17(15-13-16)20-21-18(2,3)19(4,5)22-20/h14,16H,6-13,15H2,1-5H3. The third-order valence-electron chi connectivity index (χ3n) is 5.83. The highest BCUT2D eigenvalue weighted by molar-refractivity contribution is 6.54. The molecule has 1 heterocycles. The summed E-state index contributed by atoms with van der Waals surface area (Å²) in [5.74, 6) is 0.882. The Morgan fingerprint density at radius 1 is 1.05 bits per heavy atom. The molecular formula is C19H35BO2. The lowest BCUT2D eigenvalue weighted by atomic mass is 9.70. The Morgan fingerprint density at radius 2 is 1.68 bits per heavy atom. The zero-order valence-corrected chi connectivity index (χ0v) is 15.4. The summed E-state index contributed by atoms with van der Waals surface area (Å²) < 4.78 is 12.3. The molecule has 2 rings (SSSR count). The van der Waals surface area contributed by atoms with E-state index in [1.807, 2.05) is 0 Å². The van der Waals surface area contributed by atoms with Gasteiger partial charge in [-0.3, -0.25) is 0 Å². The minimum absolute atomic E-state index is 0.115. The molecule has 0 aromatic rings. The number of hydrogen-bond acceptors (Lipinski definition) is 2. The second-order valence-electron chi connectivity index (χ2n) is 8.21. The van der Waals surface area contributed by atoms with Crippen molar-refractivity contribution >= 4 is 7.12 Å². The zero-order chi connectivity index (χ0) is 16.2. The van der Waals surface area contributed by atoms with Crippen LogP contribution < -0.4 is 0 Å². The molecule has 126 valence electrons. The molecule has 0 amide bonds. The number of rotatable bonds is 7. The van der Waals surface area contributed by atoms with E-state index >= 15 is 0 Å². The van der Waals surface area contributed by atoms with Crippen molar-refractivity contribution in [1.29, 1.82) is 0 Å². The Bertz CT molecular complexity index is 371. The summed E-state index contributed by atoms with van der Waals surface area (Å²) in [6.45, 7) is 10.8. The first kappa shape index (κ1) is 18.1. The van der Waals surface area contributed by atoms with Gasteiger partial charge in [0.25, 0.3) is 0 Å². The fraction of sp³-hybridized carbons (Fsp3) is 0.895. The van der Waals surface area contributed by atoms with Crippen molar-refractivity contribution in [1.82, 2.24) is 0 Å². The van der Waals surface area contributed by atoms with Gasteiger partial charge < -0.3 is 9.31 Å². The predicted octanol–water partition coefficient (Wildman–Crippen LogP) is 5.70. The van der Waals surface area contributed by atoms with E-state index in [1.54, 1.807) is 0 Å². The maximum atomic E-state index is 6.17. The van der Waals surface area contributed by atoms with E-state index in [0.29, 0.717) is 0 Å². The number of unbranched alkanes of at least 4 members (excludes halogenated alkanes) is 4. The molecule has 22 heavy (non-hydrogen) atoms. The summed E-state index contributed by atoms with van der Waals surface area (Å²) in [5.41, 5.74) is 0.949. The van der Waals surface area contributed by atoms with E-state index in [4.69, 9.17) is 9.31 Å². The van der Waals surface area contributed by atoms with Gasteiger partial charge in [-0.25, -0.2) is 0 Å². The van der Waals surface area contributed by atoms with Crippen molar-refractivity contribution in [3.63, 3.8) is 0 Å². The topological polar surface area (TPSA) is 18.5 Å². The summed E-state index contributed by atoms with van der Waals surface area (Å²) >= 11 is 0. The van der Waals surface area contributed by atoms with Crippen LogP contribution in [0.5, 0.6) is 0 Å². The van der Waals surface area contributed by atoms with Gasteiger partial charge in [-0.15, -0.1) is 0 Å². The summed E-state index contributed by atoms with van der Waals surface area (Å²) in [6, 6.07) is 0. The van der Waals surface area contributed by atoms with Crippen molar-refractivity contribution < 1.29 is 9.31 Å². The highest BCUT2D eigenvalue weighted by Gasteiger charge is 2.52. The molecule has 1 aliphatic heterocycles. The van der Waals surface area contributed by atoms with E-state index in [9.17, 15) is 0 Å². The highest BCUT2D eigenvalue weighted by atomic mass is 16.7. The van der Waals surface area contributed by atoms with E-state index in [1.165, 1.54) is 56.8 Å². The molecule has 0 bridgehead atoms. The summed E-state index contributed by atoms with van der Waals surface area (Å²) in [7, 11) is -0.115. The first-order valence-electron chi connectivity index (χ1n) is 9.40. The van der Waals surface area contributed by atoms with E-state index < -0.39 is 0 Å². The predicted molar refractivity (Wildman–Crippen MR) is 94.9 cm³/mol. The van der Waals surface area contributed by atoms with Crippen LogP contribution in [-0.2, 0) is 9.31 Å². The average Bonchev–Trinajstić information content (AvgIpc) is 2.68. The van der Waals surface area contributed by atoms with Gasteiger partial charge in [0.05, 0.1) is 11.2 Å². The van der Waals surface area contributed by atoms with Crippen molar-refractivity contribution in [3.8, 4) is 0 Å². The van der Waals surface area contributed by atoms with Gasteiger partial charge in [-0.05, 0) is 58.3 Å². The molecule has 0 spiro atoms. The van der Waals surface area contributed by atoms with Crippen LogP contribution in [0.15, 0.2) is 11.5 Å². The van der Waals surface area contributed by atoms with Crippen molar-refractivity contribution in [2.75, 3.05) is 0 Å². The van der Waals surface area contributed by atoms with Crippen LogP contribution in [0.2, 0.25) is 0 Å². The van der Waals surface area contributed by atoms with Crippen LogP contribution in [0.25, 0.3) is 0 Å². The summed E-state index contributed by atoms with van der Waals surface area (Å²) in [6.07, 6.45) is 14.5. The lowest BCUT2D eigenvalue weighted by molar-refractivity contribution is 0.00578. The number of hydrogen-bond donors (Lipinski definition) is 0. The second kappa shape index (κ2) is 7.53. The lowest BCUT2D eigenvalue weighted by Gasteiger charge is -2.32.